The summed E-state index contributed by atoms with van der Waals surface area (Å²) >= 11 is 0. The lowest BCUT2D eigenvalue weighted by Crippen LogP contribution is -2.39. The highest BCUT2D eigenvalue weighted by Gasteiger charge is 2.29. The molecule has 2 aliphatic rings. The van der Waals surface area contributed by atoms with Crippen LogP contribution in [0.1, 0.15) is 37.3 Å². The van der Waals surface area contributed by atoms with Gasteiger partial charge in [-0.15, -0.1) is 0 Å². The van der Waals surface area contributed by atoms with Gasteiger partial charge < -0.3 is 0 Å². The van der Waals surface area contributed by atoms with Crippen molar-refractivity contribution >= 4 is 10.0 Å². The van der Waals surface area contributed by atoms with Crippen molar-refractivity contribution in [3.63, 3.8) is 0 Å². The predicted octanol–water partition coefficient (Wildman–Crippen LogP) is 2.60. The standard InChI is InChI=1S/C15H21NO2S/c1-12-4-3-9-16(11-12)19(17,18)15-8-7-13-5-2-6-14(13)10-15/h7-8,10,12H,2-6,9,11H2,1H3. The van der Waals surface area contributed by atoms with Crippen LogP contribution in [0.3, 0.4) is 0 Å². The number of rotatable bonds is 2. The van der Waals surface area contributed by atoms with E-state index in [0.717, 1.165) is 32.1 Å². The molecular weight excluding hydrogens is 258 g/mol. The summed E-state index contributed by atoms with van der Waals surface area (Å²) in [6.45, 7) is 3.47. The molecule has 1 heterocycles. The van der Waals surface area contributed by atoms with Gasteiger partial charge in [-0.1, -0.05) is 13.0 Å². The van der Waals surface area contributed by atoms with E-state index in [4.69, 9.17) is 0 Å². The van der Waals surface area contributed by atoms with Crippen LogP contribution in [0.2, 0.25) is 0 Å². The highest BCUT2D eigenvalue weighted by Crippen LogP contribution is 2.28. The van der Waals surface area contributed by atoms with Crippen molar-refractivity contribution in [2.75, 3.05) is 13.1 Å². The third-order valence-corrected chi connectivity index (χ3v) is 6.19. The molecule has 0 radical (unpaired) electrons. The number of sulfonamides is 1. The number of benzene rings is 1. The Morgan fingerprint density at radius 2 is 1.95 bits per heavy atom. The maximum Gasteiger partial charge on any atom is 0.243 e. The Kier molecular flexibility index (Phi) is 3.39. The van der Waals surface area contributed by atoms with E-state index in [1.54, 1.807) is 10.4 Å². The first-order chi connectivity index (χ1) is 9.07. The summed E-state index contributed by atoms with van der Waals surface area (Å²) in [5.41, 5.74) is 2.55. The zero-order chi connectivity index (χ0) is 13.5. The molecule has 0 N–H and O–H groups in total. The summed E-state index contributed by atoms with van der Waals surface area (Å²) < 4.78 is 27.0. The second-order valence-electron chi connectivity index (χ2n) is 5.89. The summed E-state index contributed by atoms with van der Waals surface area (Å²) in [6.07, 6.45) is 5.38. The fourth-order valence-corrected chi connectivity index (χ4v) is 4.87. The van der Waals surface area contributed by atoms with E-state index in [9.17, 15) is 8.42 Å². The van der Waals surface area contributed by atoms with Gasteiger partial charge >= 0.3 is 0 Å². The van der Waals surface area contributed by atoms with Crippen molar-refractivity contribution < 1.29 is 8.42 Å². The molecule has 1 aromatic rings. The molecule has 1 fully saturated rings. The maximum absolute atomic E-state index is 12.7. The Labute approximate surface area is 115 Å². The summed E-state index contributed by atoms with van der Waals surface area (Å²) in [5.74, 6) is 0.470. The number of fused-ring (bicyclic) bond motifs is 1. The van der Waals surface area contributed by atoms with E-state index in [0.29, 0.717) is 23.9 Å². The Morgan fingerprint density at radius 1 is 1.16 bits per heavy atom. The highest BCUT2D eigenvalue weighted by molar-refractivity contribution is 7.89. The van der Waals surface area contributed by atoms with Gasteiger partial charge in [0.05, 0.1) is 4.90 Å². The monoisotopic (exact) mass is 279 g/mol. The van der Waals surface area contributed by atoms with Gasteiger partial charge in [-0.25, -0.2) is 8.42 Å². The fraction of sp³-hybridized carbons (Fsp3) is 0.600. The van der Waals surface area contributed by atoms with Gasteiger partial charge in [-0.2, -0.15) is 4.31 Å². The molecular formula is C15H21NO2S. The van der Waals surface area contributed by atoms with Crippen LogP contribution in [-0.2, 0) is 22.9 Å². The van der Waals surface area contributed by atoms with Crippen LogP contribution >= 0.6 is 0 Å². The van der Waals surface area contributed by atoms with Crippen LogP contribution in [0.15, 0.2) is 23.1 Å². The van der Waals surface area contributed by atoms with Crippen LogP contribution in [0.4, 0.5) is 0 Å². The Morgan fingerprint density at radius 3 is 2.74 bits per heavy atom. The average Bonchev–Trinajstić information content (AvgIpc) is 2.85. The normalized spacial score (nSPS) is 24.4. The lowest BCUT2D eigenvalue weighted by molar-refractivity contribution is 0.281. The van der Waals surface area contributed by atoms with E-state index >= 15 is 0 Å². The van der Waals surface area contributed by atoms with Crippen molar-refractivity contribution in [1.82, 2.24) is 4.31 Å². The second kappa shape index (κ2) is 4.91. The first-order valence-corrected chi connectivity index (χ1v) is 8.63. The van der Waals surface area contributed by atoms with Gasteiger partial charge in [-0.3, -0.25) is 0 Å². The molecule has 1 atom stereocenters. The molecule has 1 unspecified atom stereocenters. The predicted molar refractivity (Wildman–Crippen MR) is 75.6 cm³/mol. The van der Waals surface area contributed by atoms with Gasteiger partial charge in [0.1, 0.15) is 0 Å². The lowest BCUT2D eigenvalue weighted by atomic mass is 10.0. The molecule has 0 bridgehead atoms. The molecule has 0 aromatic heterocycles. The van der Waals surface area contributed by atoms with Crippen molar-refractivity contribution in [2.24, 2.45) is 5.92 Å². The molecule has 0 amide bonds. The highest BCUT2D eigenvalue weighted by atomic mass is 32.2. The van der Waals surface area contributed by atoms with Gasteiger partial charge in [0, 0.05) is 13.1 Å². The Bertz CT molecular complexity index is 580. The summed E-state index contributed by atoms with van der Waals surface area (Å²) in [4.78, 5) is 0.488. The number of nitrogens with zero attached hydrogens (tertiary/aromatic N) is 1. The second-order valence-corrected chi connectivity index (χ2v) is 7.83. The van der Waals surface area contributed by atoms with Crippen molar-refractivity contribution in [3.05, 3.63) is 29.3 Å². The van der Waals surface area contributed by atoms with Gasteiger partial charge in [0.15, 0.2) is 0 Å². The van der Waals surface area contributed by atoms with E-state index in [-0.39, 0.29) is 0 Å². The summed E-state index contributed by atoms with van der Waals surface area (Å²) in [5, 5.41) is 0. The first kappa shape index (κ1) is 13.1. The van der Waals surface area contributed by atoms with Crippen LogP contribution < -0.4 is 0 Å². The van der Waals surface area contributed by atoms with E-state index in [1.807, 2.05) is 12.1 Å². The smallest absolute Gasteiger partial charge is 0.207 e. The molecule has 1 aliphatic carbocycles. The van der Waals surface area contributed by atoms with Gasteiger partial charge in [-0.05, 0) is 61.3 Å². The average molecular weight is 279 g/mol. The number of aryl methyl sites for hydroxylation is 2. The van der Waals surface area contributed by atoms with Gasteiger partial charge in [0.25, 0.3) is 0 Å². The zero-order valence-electron chi connectivity index (χ0n) is 11.4. The minimum atomic E-state index is -3.28. The molecule has 1 aromatic carbocycles. The number of piperidine rings is 1. The van der Waals surface area contributed by atoms with Gasteiger partial charge in [0.2, 0.25) is 10.0 Å². The largest absolute Gasteiger partial charge is 0.243 e. The molecule has 0 spiro atoms. The molecule has 19 heavy (non-hydrogen) atoms. The quantitative estimate of drug-likeness (QED) is 0.834. The number of hydrogen-bond acceptors (Lipinski definition) is 2. The molecule has 1 saturated heterocycles. The molecule has 1 aliphatic heterocycles. The minimum Gasteiger partial charge on any atom is -0.207 e. The SMILES string of the molecule is CC1CCCN(S(=O)(=O)c2ccc3c(c2)CCC3)C1. The van der Waals surface area contributed by atoms with Crippen LogP contribution in [-0.4, -0.2) is 25.8 Å². The molecule has 3 rings (SSSR count). The van der Waals surface area contributed by atoms with Crippen LogP contribution in [0, 0.1) is 5.92 Å². The summed E-state index contributed by atoms with van der Waals surface area (Å²) in [6, 6.07) is 5.69. The molecule has 4 heteroatoms. The van der Waals surface area contributed by atoms with Crippen LogP contribution in [0.25, 0.3) is 0 Å². The molecule has 0 saturated carbocycles. The zero-order valence-corrected chi connectivity index (χ0v) is 12.2. The van der Waals surface area contributed by atoms with Crippen molar-refractivity contribution in [2.45, 2.75) is 43.9 Å². The Balaban J connectivity index is 1.91. The van der Waals surface area contributed by atoms with Crippen molar-refractivity contribution in [1.29, 1.82) is 0 Å². The Hall–Kier alpha value is -0.870. The van der Waals surface area contributed by atoms with Crippen molar-refractivity contribution in [3.8, 4) is 0 Å². The number of hydrogen-bond donors (Lipinski definition) is 0. The maximum atomic E-state index is 12.7. The third-order valence-electron chi connectivity index (χ3n) is 4.33. The van der Waals surface area contributed by atoms with Crippen LogP contribution in [0.5, 0.6) is 0 Å². The molecule has 3 nitrogen and oxygen atoms in total. The van der Waals surface area contributed by atoms with E-state index in [1.165, 1.54) is 11.1 Å². The lowest BCUT2D eigenvalue weighted by Gasteiger charge is -2.30. The van der Waals surface area contributed by atoms with E-state index < -0.39 is 10.0 Å². The van der Waals surface area contributed by atoms with E-state index in [2.05, 4.69) is 6.92 Å². The fourth-order valence-electron chi connectivity index (χ4n) is 3.22. The third kappa shape index (κ3) is 2.43. The summed E-state index contributed by atoms with van der Waals surface area (Å²) in [7, 11) is -3.28. The minimum absolute atomic E-state index is 0.470. The first-order valence-electron chi connectivity index (χ1n) is 7.19. The topological polar surface area (TPSA) is 37.4 Å². The molecule has 104 valence electrons.